The van der Waals surface area contributed by atoms with Crippen molar-refractivity contribution in [3.8, 4) is 0 Å². The fraction of sp³-hybridized carbons (Fsp3) is 0.769. The minimum atomic E-state index is 0.322. The Morgan fingerprint density at radius 1 is 1.50 bits per heavy atom. The van der Waals surface area contributed by atoms with Gasteiger partial charge in [-0.3, -0.25) is 4.68 Å². The second kappa shape index (κ2) is 5.00. The van der Waals surface area contributed by atoms with Gasteiger partial charge in [-0.25, -0.2) is 0 Å². The van der Waals surface area contributed by atoms with E-state index in [9.17, 15) is 0 Å². The second-order valence-electron chi connectivity index (χ2n) is 5.02. The van der Waals surface area contributed by atoms with E-state index in [0.717, 1.165) is 18.8 Å². The Kier molecular flexibility index (Phi) is 3.64. The highest BCUT2D eigenvalue weighted by molar-refractivity contribution is 5.11. The number of hydrogen-bond acceptors (Lipinski definition) is 2. The van der Waals surface area contributed by atoms with Crippen molar-refractivity contribution in [1.29, 1.82) is 0 Å². The third-order valence-electron chi connectivity index (χ3n) is 3.84. The summed E-state index contributed by atoms with van der Waals surface area (Å²) in [5.41, 5.74) is 8.75. The first-order chi connectivity index (χ1) is 7.70. The van der Waals surface area contributed by atoms with Gasteiger partial charge in [0.05, 0.1) is 5.69 Å². The van der Waals surface area contributed by atoms with Crippen molar-refractivity contribution in [3.05, 3.63) is 17.5 Å². The molecule has 2 N–H and O–H groups in total. The van der Waals surface area contributed by atoms with Gasteiger partial charge >= 0.3 is 0 Å². The van der Waals surface area contributed by atoms with E-state index in [1.807, 2.05) is 11.7 Å². The maximum Gasteiger partial charge on any atom is 0.0624 e. The number of nitrogens with two attached hydrogens (primary N) is 1. The molecule has 3 heteroatoms. The molecular formula is C13H23N3. The first-order valence-corrected chi connectivity index (χ1v) is 6.48. The van der Waals surface area contributed by atoms with Gasteiger partial charge in [-0.2, -0.15) is 5.10 Å². The molecule has 0 spiro atoms. The van der Waals surface area contributed by atoms with Crippen molar-refractivity contribution in [1.82, 2.24) is 9.78 Å². The molecule has 1 fully saturated rings. The van der Waals surface area contributed by atoms with Crippen LogP contribution in [0.2, 0.25) is 0 Å². The van der Waals surface area contributed by atoms with Crippen molar-refractivity contribution in [2.75, 3.05) is 0 Å². The monoisotopic (exact) mass is 221 g/mol. The van der Waals surface area contributed by atoms with Gasteiger partial charge in [0.1, 0.15) is 0 Å². The Labute approximate surface area is 98.0 Å². The average molecular weight is 221 g/mol. The lowest BCUT2D eigenvalue weighted by atomic mass is 9.95. The van der Waals surface area contributed by atoms with Crippen LogP contribution >= 0.6 is 0 Å². The molecule has 16 heavy (non-hydrogen) atoms. The molecule has 1 aliphatic carbocycles. The van der Waals surface area contributed by atoms with E-state index in [1.54, 1.807) is 0 Å². The summed E-state index contributed by atoms with van der Waals surface area (Å²) in [5.74, 6) is 0.736. The standard InChI is InChI=1S/C13H23N3/c1-3-11-8-12(16(2)15-11)9-13(14)10-6-4-5-7-10/h8,10,13H,3-7,9,14H2,1-2H3. The normalized spacial score (nSPS) is 19.2. The van der Waals surface area contributed by atoms with Crippen LogP contribution in [0.4, 0.5) is 0 Å². The smallest absolute Gasteiger partial charge is 0.0624 e. The molecule has 3 nitrogen and oxygen atoms in total. The lowest BCUT2D eigenvalue weighted by molar-refractivity contribution is 0.421. The largest absolute Gasteiger partial charge is 0.327 e. The summed E-state index contributed by atoms with van der Waals surface area (Å²) in [5, 5.41) is 4.47. The lowest BCUT2D eigenvalue weighted by Gasteiger charge is -2.18. The zero-order valence-corrected chi connectivity index (χ0v) is 10.4. The number of rotatable bonds is 4. The Morgan fingerprint density at radius 3 is 2.75 bits per heavy atom. The fourth-order valence-electron chi connectivity index (χ4n) is 2.73. The van der Waals surface area contributed by atoms with Gasteiger partial charge in [0.15, 0.2) is 0 Å². The number of aromatic nitrogens is 2. The van der Waals surface area contributed by atoms with Crippen LogP contribution in [-0.2, 0) is 19.9 Å². The van der Waals surface area contributed by atoms with Gasteiger partial charge in [0.25, 0.3) is 0 Å². The summed E-state index contributed by atoms with van der Waals surface area (Å²) in [7, 11) is 2.02. The molecule has 1 aromatic heterocycles. The predicted octanol–water partition coefficient (Wildman–Crippen LogP) is 2.04. The van der Waals surface area contributed by atoms with Crippen molar-refractivity contribution >= 4 is 0 Å². The quantitative estimate of drug-likeness (QED) is 0.845. The van der Waals surface area contributed by atoms with Crippen LogP contribution in [0.15, 0.2) is 6.07 Å². The molecule has 1 unspecified atom stereocenters. The molecular weight excluding hydrogens is 198 g/mol. The molecule has 1 atom stereocenters. The van der Waals surface area contributed by atoms with Gasteiger partial charge in [0, 0.05) is 25.2 Å². The zero-order chi connectivity index (χ0) is 11.5. The molecule has 2 rings (SSSR count). The molecule has 90 valence electrons. The van der Waals surface area contributed by atoms with Gasteiger partial charge < -0.3 is 5.73 Å². The molecule has 0 amide bonds. The van der Waals surface area contributed by atoms with Crippen LogP contribution < -0.4 is 5.73 Å². The third-order valence-corrected chi connectivity index (χ3v) is 3.84. The van der Waals surface area contributed by atoms with E-state index in [4.69, 9.17) is 5.73 Å². The Morgan fingerprint density at radius 2 is 2.19 bits per heavy atom. The molecule has 1 saturated carbocycles. The third kappa shape index (κ3) is 2.46. The Balaban J connectivity index is 1.99. The van der Waals surface area contributed by atoms with Gasteiger partial charge in [-0.05, 0) is 31.2 Å². The van der Waals surface area contributed by atoms with Crippen LogP contribution in [0.5, 0.6) is 0 Å². The van der Waals surface area contributed by atoms with Gasteiger partial charge in [0.2, 0.25) is 0 Å². The number of aryl methyl sites for hydroxylation is 2. The fourth-order valence-corrected chi connectivity index (χ4v) is 2.73. The SMILES string of the molecule is CCc1cc(CC(N)C2CCCC2)n(C)n1. The van der Waals surface area contributed by atoms with Gasteiger partial charge in [-0.1, -0.05) is 19.8 Å². The molecule has 1 heterocycles. The van der Waals surface area contributed by atoms with Crippen LogP contribution in [0.3, 0.4) is 0 Å². The van der Waals surface area contributed by atoms with E-state index >= 15 is 0 Å². The summed E-state index contributed by atoms with van der Waals surface area (Å²) >= 11 is 0. The molecule has 0 aliphatic heterocycles. The second-order valence-corrected chi connectivity index (χ2v) is 5.02. The van der Waals surface area contributed by atoms with Crippen molar-refractivity contribution in [2.24, 2.45) is 18.7 Å². The van der Waals surface area contributed by atoms with E-state index in [1.165, 1.54) is 37.1 Å². The Bertz CT molecular complexity index is 337. The topological polar surface area (TPSA) is 43.8 Å². The molecule has 1 aromatic rings. The lowest BCUT2D eigenvalue weighted by Crippen LogP contribution is -2.31. The highest BCUT2D eigenvalue weighted by Gasteiger charge is 2.23. The van der Waals surface area contributed by atoms with Crippen LogP contribution in [-0.4, -0.2) is 15.8 Å². The summed E-state index contributed by atoms with van der Waals surface area (Å²) in [4.78, 5) is 0. The van der Waals surface area contributed by atoms with Crippen molar-refractivity contribution in [2.45, 2.75) is 51.5 Å². The number of nitrogens with zero attached hydrogens (tertiary/aromatic N) is 2. The maximum atomic E-state index is 6.29. The van der Waals surface area contributed by atoms with Crippen LogP contribution in [0.25, 0.3) is 0 Å². The highest BCUT2D eigenvalue weighted by atomic mass is 15.3. The van der Waals surface area contributed by atoms with Gasteiger partial charge in [-0.15, -0.1) is 0 Å². The first-order valence-electron chi connectivity index (χ1n) is 6.48. The minimum absolute atomic E-state index is 0.322. The van der Waals surface area contributed by atoms with Crippen LogP contribution in [0.1, 0.15) is 44.0 Å². The molecule has 0 bridgehead atoms. The summed E-state index contributed by atoms with van der Waals surface area (Å²) in [6, 6.07) is 2.53. The molecule has 0 saturated heterocycles. The summed E-state index contributed by atoms with van der Waals surface area (Å²) in [6.45, 7) is 2.14. The number of hydrogen-bond donors (Lipinski definition) is 1. The van der Waals surface area contributed by atoms with Crippen molar-refractivity contribution in [3.63, 3.8) is 0 Å². The summed E-state index contributed by atoms with van der Waals surface area (Å²) < 4.78 is 1.99. The van der Waals surface area contributed by atoms with E-state index in [-0.39, 0.29) is 0 Å². The zero-order valence-electron chi connectivity index (χ0n) is 10.4. The first kappa shape index (κ1) is 11.6. The molecule has 0 radical (unpaired) electrons. The Hall–Kier alpha value is -0.830. The van der Waals surface area contributed by atoms with E-state index in [0.29, 0.717) is 6.04 Å². The van der Waals surface area contributed by atoms with Crippen LogP contribution in [0, 0.1) is 5.92 Å². The summed E-state index contributed by atoms with van der Waals surface area (Å²) in [6.07, 6.45) is 7.36. The van der Waals surface area contributed by atoms with E-state index in [2.05, 4.69) is 18.1 Å². The highest BCUT2D eigenvalue weighted by Crippen LogP contribution is 2.28. The molecule has 0 aromatic carbocycles. The minimum Gasteiger partial charge on any atom is -0.327 e. The molecule has 1 aliphatic rings. The van der Waals surface area contributed by atoms with E-state index < -0.39 is 0 Å². The van der Waals surface area contributed by atoms with Crippen molar-refractivity contribution < 1.29 is 0 Å². The average Bonchev–Trinajstić information content (AvgIpc) is 2.88. The predicted molar refractivity (Wildman–Crippen MR) is 66.2 cm³/mol. The maximum absolute atomic E-state index is 6.29.